The molecule has 0 fully saturated rings. The van der Waals surface area contributed by atoms with E-state index in [2.05, 4.69) is 55.4 Å². The molecular weight excluding hydrogens is 296 g/mol. The summed E-state index contributed by atoms with van der Waals surface area (Å²) in [5, 5.41) is 14.6. The zero-order valence-electron chi connectivity index (χ0n) is 10.5. The molecule has 7 heteroatoms. The van der Waals surface area contributed by atoms with Gasteiger partial charge in [-0.1, -0.05) is 13.8 Å². The molecule has 18 heavy (non-hydrogen) atoms. The van der Waals surface area contributed by atoms with Crippen LogP contribution in [0.4, 0.5) is 0 Å². The Morgan fingerprint density at radius 1 is 1.50 bits per heavy atom. The molecule has 2 rings (SSSR count). The topological polar surface area (TPSA) is 71.4 Å². The third kappa shape index (κ3) is 2.62. The number of H-pyrrole nitrogens is 1. The molecule has 0 bridgehead atoms. The first-order valence-corrected chi connectivity index (χ1v) is 6.87. The average molecular weight is 313 g/mol. The molecule has 2 aromatic heterocycles. The van der Waals surface area contributed by atoms with Gasteiger partial charge in [0, 0.05) is 6.54 Å². The van der Waals surface area contributed by atoms with Crippen molar-refractivity contribution >= 4 is 15.9 Å². The standard InChI is InChI=1S/C11H17BrN6/c1-3-5-18-10(8(12)6-16-18)9(13-4-2)11-14-7-15-17-11/h6-7,9,13H,3-5H2,1-2H3,(H,14,15,17). The molecule has 0 saturated carbocycles. The van der Waals surface area contributed by atoms with Gasteiger partial charge >= 0.3 is 0 Å². The molecule has 0 amide bonds. The molecule has 1 unspecified atom stereocenters. The summed E-state index contributed by atoms with van der Waals surface area (Å²) in [6.45, 7) is 5.93. The van der Waals surface area contributed by atoms with Crippen LogP contribution in [0.3, 0.4) is 0 Å². The Morgan fingerprint density at radius 2 is 2.33 bits per heavy atom. The second-order valence-corrected chi connectivity index (χ2v) is 4.82. The number of hydrogen-bond acceptors (Lipinski definition) is 4. The highest BCUT2D eigenvalue weighted by Gasteiger charge is 2.23. The maximum atomic E-state index is 4.39. The van der Waals surface area contributed by atoms with Crippen molar-refractivity contribution in [1.29, 1.82) is 0 Å². The first kappa shape index (κ1) is 13.2. The fourth-order valence-electron chi connectivity index (χ4n) is 1.93. The van der Waals surface area contributed by atoms with Crippen molar-refractivity contribution in [2.45, 2.75) is 32.9 Å². The van der Waals surface area contributed by atoms with Gasteiger partial charge in [-0.3, -0.25) is 9.78 Å². The van der Waals surface area contributed by atoms with Gasteiger partial charge in [-0.05, 0) is 28.9 Å². The number of aromatic amines is 1. The molecule has 0 saturated heterocycles. The SMILES string of the molecule is CCCn1ncc(Br)c1C(NCC)c1ncn[nH]1. The summed E-state index contributed by atoms with van der Waals surface area (Å²) >= 11 is 3.56. The lowest BCUT2D eigenvalue weighted by Crippen LogP contribution is -2.26. The predicted octanol–water partition coefficient (Wildman–Crippen LogP) is 1.87. The molecule has 0 aliphatic heterocycles. The molecule has 0 spiro atoms. The molecule has 6 nitrogen and oxygen atoms in total. The molecule has 1 atom stereocenters. The van der Waals surface area contributed by atoms with Crippen LogP contribution in [0.1, 0.15) is 37.8 Å². The highest BCUT2D eigenvalue weighted by molar-refractivity contribution is 9.10. The van der Waals surface area contributed by atoms with Crippen molar-refractivity contribution in [1.82, 2.24) is 30.3 Å². The minimum absolute atomic E-state index is 0.0269. The molecule has 2 heterocycles. The van der Waals surface area contributed by atoms with Crippen LogP contribution < -0.4 is 5.32 Å². The van der Waals surface area contributed by atoms with Gasteiger partial charge in [0.25, 0.3) is 0 Å². The van der Waals surface area contributed by atoms with Crippen LogP contribution in [0.15, 0.2) is 17.0 Å². The Bertz CT molecular complexity index is 478. The molecule has 0 aliphatic rings. The van der Waals surface area contributed by atoms with E-state index in [1.54, 1.807) is 0 Å². The second kappa shape index (κ2) is 6.10. The van der Waals surface area contributed by atoms with Crippen LogP contribution in [-0.2, 0) is 6.54 Å². The van der Waals surface area contributed by atoms with E-state index < -0.39 is 0 Å². The number of aryl methyl sites for hydroxylation is 1. The fraction of sp³-hybridized carbons (Fsp3) is 0.545. The number of halogens is 1. The fourth-order valence-corrected chi connectivity index (χ4v) is 2.46. The van der Waals surface area contributed by atoms with Crippen molar-refractivity contribution in [3.8, 4) is 0 Å². The van der Waals surface area contributed by atoms with E-state index in [0.717, 1.165) is 35.5 Å². The minimum atomic E-state index is -0.0269. The van der Waals surface area contributed by atoms with Crippen LogP contribution in [0.25, 0.3) is 0 Å². The van der Waals surface area contributed by atoms with E-state index in [-0.39, 0.29) is 6.04 Å². The van der Waals surface area contributed by atoms with Gasteiger partial charge in [-0.15, -0.1) is 0 Å². The molecule has 2 N–H and O–H groups in total. The van der Waals surface area contributed by atoms with Crippen molar-refractivity contribution < 1.29 is 0 Å². The van der Waals surface area contributed by atoms with Gasteiger partial charge in [0.05, 0.1) is 16.4 Å². The Labute approximate surface area is 114 Å². The number of nitrogens with one attached hydrogen (secondary N) is 2. The van der Waals surface area contributed by atoms with E-state index in [1.165, 1.54) is 6.33 Å². The molecule has 2 aromatic rings. The van der Waals surface area contributed by atoms with Gasteiger partial charge in [-0.2, -0.15) is 10.2 Å². The van der Waals surface area contributed by atoms with Crippen LogP contribution in [0.5, 0.6) is 0 Å². The van der Waals surface area contributed by atoms with Crippen LogP contribution in [0, 0.1) is 0 Å². The summed E-state index contributed by atoms with van der Waals surface area (Å²) in [5.74, 6) is 0.801. The van der Waals surface area contributed by atoms with Crippen LogP contribution >= 0.6 is 15.9 Å². The normalized spacial score (nSPS) is 12.8. The van der Waals surface area contributed by atoms with Crippen molar-refractivity contribution in [2.24, 2.45) is 0 Å². The summed E-state index contributed by atoms with van der Waals surface area (Å²) in [6, 6.07) is -0.0269. The Balaban J connectivity index is 2.39. The van der Waals surface area contributed by atoms with E-state index in [9.17, 15) is 0 Å². The summed E-state index contributed by atoms with van der Waals surface area (Å²) in [5.41, 5.74) is 1.08. The highest BCUT2D eigenvalue weighted by Crippen LogP contribution is 2.26. The number of rotatable bonds is 6. The van der Waals surface area contributed by atoms with Crippen LogP contribution in [-0.4, -0.2) is 31.5 Å². The van der Waals surface area contributed by atoms with Crippen molar-refractivity contribution in [2.75, 3.05) is 6.54 Å². The van der Waals surface area contributed by atoms with Crippen molar-refractivity contribution in [3.63, 3.8) is 0 Å². The summed E-state index contributed by atoms with van der Waals surface area (Å²) in [7, 11) is 0. The van der Waals surface area contributed by atoms with Gasteiger partial charge in [0.1, 0.15) is 18.2 Å². The highest BCUT2D eigenvalue weighted by atomic mass is 79.9. The lowest BCUT2D eigenvalue weighted by atomic mass is 10.2. The zero-order valence-corrected chi connectivity index (χ0v) is 12.1. The number of nitrogens with zero attached hydrogens (tertiary/aromatic N) is 4. The first-order chi connectivity index (χ1) is 8.77. The third-order valence-electron chi connectivity index (χ3n) is 2.66. The Kier molecular flexibility index (Phi) is 4.48. The monoisotopic (exact) mass is 312 g/mol. The number of hydrogen-bond donors (Lipinski definition) is 2. The summed E-state index contributed by atoms with van der Waals surface area (Å²) in [4.78, 5) is 4.24. The number of aromatic nitrogens is 5. The van der Waals surface area contributed by atoms with Crippen LogP contribution in [0.2, 0.25) is 0 Å². The second-order valence-electron chi connectivity index (χ2n) is 3.96. The average Bonchev–Trinajstić information content (AvgIpc) is 2.98. The first-order valence-electron chi connectivity index (χ1n) is 6.07. The van der Waals surface area contributed by atoms with Gasteiger partial charge < -0.3 is 5.32 Å². The molecule has 0 aromatic carbocycles. The zero-order chi connectivity index (χ0) is 13.0. The maximum Gasteiger partial charge on any atom is 0.147 e. The third-order valence-corrected chi connectivity index (χ3v) is 3.27. The van der Waals surface area contributed by atoms with Gasteiger partial charge in [-0.25, -0.2) is 4.98 Å². The largest absolute Gasteiger partial charge is 0.303 e. The molecule has 0 radical (unpaired) electrons. The van der Waals surface area contributed by atoms with E-state index in [4.69, 9.17) is 0 Å². The minimum Gasteiger partial charge on any atom is -0.303 e. The summed E-state index contributed by atoms with van der Waals surface area (Å²) < 4.78 is 2.98. The lowest BCUT2D eigenvalue weighted by molar-refractivity contribution is 0.506. The lowest BCUT2D eigenvalue weighted by Gasteiger charge is -2.17. The van der Waals surface area contributed by atoms with Crippen molar-refractivity contribution in [3.05, 3.63) is 28.5 Å². The van der Waals surface area contributed by atoms with E-state index in [0.29, 0.717) is 0 Å². The Hall–Kier alpha value is -1.21. The molecular formula is C11H17BrN6. The van der Waals surface area contributed by atoms with E-state index in [1.807, 2.05) is 10.9 Å². The van der Waals surface area contributed by atoms with E-state index >= 15 is 0 Å². The Morgan fingerprint density at radius 3 is 2.94 bits per heavy atom. The quantitative estimate of drug-likeness (QED) is 0.854. The van der Waals surface area contributed by atoms with Gasteiger partial charge in [0.2, 0.25) is 0 Å². The molecule has 0 aliphatic carbocycles. The molecule has 98 valence electrons. The van der Waals surface area contributed by atoms with Gasteiger partial charge in [0.15, 0.2) is 0 Å². The maximum absolute atomic E-state index is 4.39. The summed E-state index contributed by atoms with van der Waals surface area (Å²) in [6.07, 6.45) is 4.39. The predicted molar refractivity (Wildman–Crippen MR) is 72.1 cm³/mol. The smallest absolute Gasteiger partial charge is 0.147 e.